The number of amides is 4. The summed E-state index contributed by atoms with van der Waals surface area (Å²) in [5.74, 6) is 12.9. The van der Waals surface area contributed by atoms with Gasteiger partial charge in [-0.1, -0.05) is 42.3 Å². The van der Waals surface area contributed by atoms with E-state index in [0.29, 0.717) is 43.3 Å². The maximum atomic E-state index is 13.7. The van der Waals surface area contributed by atoms with Crippen LogP contribution in [0.4, 0.5) is 9.59 Å². The molecular weight excluding hydrogens is 769 g/mol. The Balaban J connectivity index is 1.19. The highest BCUT2D eigenvalue weighted by molar-refractivity contribution is 5.87. The summed E-state index contributed by atoms with van der Waals surface area (Å²) in [5, 5.41) is 5.22. The number of imidazole rings is 2. The average Bonchev–Trinajstić information content (AvgIpc) is 4.13. The van der Waals surface area contributed by atoms with E-state index in [1.807, 2.05) is 48.5 Å². The van der Waals surface area contributed by atoms with Gasteiger partial charge >= 0.3 is 12.2 Å². The molecule has 314 valence electrons. The zero-order chi connectivity index (χ0) is 42.8. The first-order valence-electron chi connectivity index (χ1n) is 19.7. The lowest BCUT2D eigenvalue weighted by Gasteiger charge is -2.30. The van der Waals surface area contributed by atoms with Crippen LogP contribution >= 0.6 is 0 Å². The van der Waals surface area contributed by atoms with Crippen molar-refractivity contribution in [3.05, 3.63) is 83.8 Å². The van der Waals surface area contributed by atoms with Crippen molar-refractivity contribution in [3.63, 3.8) is 0 Å². The van der Waals surface area contributed by atoms with Gasteiger partial charge in [-0.25, -0.2) is 19.6 Å². The average molecular weight is 819 g/mol. The first-order chi connectivity index (χ1) is 29.1. The van der Waals surface area contributed by atoms with Crippen LogP contribution in [0, 0.1) is 23.7 Å². The number of likely N-dealkylation sites (tertiary alicyclic amines) is 2. The summed E-state index contributed by atoms with van der Waals surface area (Å²) in [6.07, 6.45) is 3.74. The predicted molar refractivity (Wildman–Crippen MR) is 221 cm³/mol. The third kappa shape index (κ3) is 9.80. The van der Waals surface area contributed by atoms with Crippen LogP contribution < -0.4 is 10.6 Å². The minimum absolute atomic E-state index is 0.273. The number of ether oxygens (including phenoxy) is 4. The third-order valence-electron chi connectivity index (χ3n) is 10.9. The highest BCUT2D eigenvalue weighted by Crippen LogP contribution is 2.35. The molecule has 6 atom stereocenters. The number of H-pyrrole nitrogens is 2. The Kier molecular flexibility index (Phi) is 14.2. The van der Waals surface area contributed by atoms with Gasteiger partial charge in [0.2, 0.25) is 11.8 Å². The van der Waals surface area contributed by atoms with Gasteiger partial charge in [0.05, 0.1) is 56.6 Å². The molecule has 6 rings (SSSR count). The minimum atomic E-state index is -0.928. The summed E-state index contributed by atoms with van der Waals surface area (Å²) in [4.78, 5) is 70.8. The summed E-state index contributed by atoms with van der Waals surface area (Å²) >= 11 is 0. The Morgan fingerprint density at radius 2 is 1.27 bits per heavy atom. The highest BCUT2D eigenvalue weighted by atomic mass is 16.5. The molecule has 6 unspecified atom stereocenters. The molecule has 0 radical (unpaired) electrons. The van der Waals surface area contributed by atoms with Crippen LogP contribution in [0.15, 0.2) is 60.9 Å². The van der Waals surface area contributed by atoms with Crippen LogP contribution in [0.25, 0.3) is 22.4 Å². The monoisotopic (exact) mass is 818 g/mol. The molecule has 60 heavy (non-hydrogen) atoms. The number of nitrogens with one attached hydrogen (secondary N) is 4. The second kappa shape index (κ2) is 19.9. The van der Waals surface area contributed by atoms with Gasteiger partial charge in [-0.2, -0.15) is 0 Å². The second-order valence-electron chi connectivity index (χ2n) is 14.5. The van der Waals surface area contributed by atoms with Crippen molar-refractivity contribution in [2.24, 2.45) is 0 Å². The molecule has 2 aromatic heterocycles. The third-order valence-corrected chi connectivity index (χ3v) is 10.9. The molecule has 4 heterocycles. The zero-order valence-corrected chi connectivity index (χ0v) is 34.5. The van der Waals surface area contributed by atoms with Gasteiger partial charge in [0.25, 0.3) is 0 Å². The van der Waals surface area contributed by atoms with Crippen LogP contribution in [0.2, 0.25) is 0 Å². The maximum Gasteiger partial charge on any atom is 0.407 e. The fraction of sp³-hybridized carbons (Fsp3) is 0.409. The molecule has 16 nitrogen and oxygen atoms in total. The zero-order valence-electron chi connectivity index (χ0n) is 34.5. The summed E-state index contributed by atoms with van der Waals surface area (Å²) in [7, 11) is 5.46. The van der Waals surface area contributed by atoms with Crippen LogP contribution in [0.1, 0.15) is 74.5 Å². The molecule has 2 aliphatic rings. The summed E-state index contributed by atoms with van der Waals surface area (Å²) in [6, 6.07) is 13.4. The van der Waals surface area contributed by atoms with Crippen molar-refractivity contribution in [1.29, 1.82) is 0 Å². The molecule has 0 bridgehead atoms. The van der Waals surface area contributed by atoms with E-state index >= 15 is 0 Å². The lowest BCUT2D eigenvalue weighted by molar-refractivity contribution is -0.138. The summed E-state index contributed by atoms with van der Waals surface area (Å²) in [5.41, 5.74) is 4.85. The van der Waals surface area contributed by atoms with E-state index in [9.17, 15) is 19.2 Å². The maximum absolute atomic E-state index is 13.7. The lowest BCUT2D eigenvalue weighted by atomic mass is 9.96. The standard InChI is InChI=1S/C44H50N8O8/c1-27(57-3)37(49-43(55)59-5)41(53)51-22-12-18-35(51)39-45-25-32(47-39)17-11-10-16-30-20-21-31(24-33(30)29-14-8-7-9-15-29)34-26-46-40(48-34)36-19-13-23-52(36)42(54)38(28(2)58-4)50-44(56)60-6/h7-9,14-15,20-21,24-28,35-38H,12-13,18-19,22-23H2,1-6H3,(H,45,47)(H,46,48)(H,49,55)(H,50,56). The molecule has 0 spiro atoms. The van der Waals surface area contributed by atoms with Crippen molar-refractivity contribution in [2.75, 3.05) is 41.5 Å². The molecule has 4 aromatic rings. The van der Waals surface area contributed by atoms with Crippen LogP contribution in [-0.4, -0.2) is 120 Å². The van der Waals surface area contributed by atoms with Crippen molar-refractivity contribution in [2.45, 2.75) is 75.9 Å². The van der Waals surface area contributed by atoms with Gasteiger partial charge in [-0.3, -0.25) is 9.59 Å². The van der Waals surface area contributed by atoms with Crippen molar-refractivity contribution >= 4 is 24.0 Å². The van der Waals surface area contributed by atoms with Crippen molar-refractivity contribution < 1.29 is 38.1 Å². The number of benzene rings is 2. The largest absolute Gasteiger partial charge is 0.453 e. The molecule has 4 N–H and O–H groups in total. The molecular formula is C44H50N8O8. The fourth-order valence-corrected chi connectivity index (χ4v) is 7.49. The van der Waals surface area contributed by atoms with Crippen molar-refractivity contribution in [3.8, 4) is 46.1 Å². The van der Waals surface area contributed by atoms with Gasteiger partial charge in [-0.05, 0) is 80.6 Å². The summed E-state index contributed by atoms with van der Waals surface area (Å²) < 4.78 is 20.3. The molecule has 2 aromatic carbocycles. The molecule has 0 saturated carbocycles. The van der Waals surface area contributed by atoms with E-state index in [1.54, 1.807) is 36.0 Å². The number of carbonyl (C=O) groups is 4. The molecule has 2 fully saturated rings. The fourth-order valence-electron chi connectivity index (χ4n) is 7.49. The highest BCUT2D eigenvalue weighted by Gasteiger charge is 2.40. The molecule has 2 saturated heterocycles. The number of methoxy groups -OCH3 is 4. The Bertz CT molecular complexity index is 2290. The van der Waals surface area contributed by atoms with Crippen molar-refractivity contribution in [1.82, 2.24) is 40.4 Å². The van der Waals surface area contributed by atoms with E-state index in [4.69, 9.17) is 23.9 Å². The Hall–Kier alpha value is -6.62. The first kappa shape index (κ1) is 43.0. The number of alkyl carbamates (subject to hydrolysis) is 2. The number of rotatable bonds is 12. The number of nitrogens with zero attached hydrogens (tertiary/aromatic N) is 4. The number of aromatic amines is 2. The van der Waals surface area contributed by atoms with Crippen LogP contribution in [-0.2, 0) is 28.5 Å². The van der Waals surface area contributed by atoms with E-state index < -0.39 is 36.5 Å². The van der Waals surface area contributed by atoms with Gasteiger partial charge in [0, 0.05) is 38.4 Å². The smallest absolute Gasteiger partial charge is 0.407 e. The van der Waals surface area contributed by atoms with Gasteiger partial charge < -0.3 is 49.3 Å². The lowest BCUT2D eigenvalue weighted by Crippen LogP contribution is -2.54. The quantitative estimate of drug-likeness (QED) is 0.146. The van der Waals surface area contributed by atoms with E-state index in [-0.39, 0.29) is 23.9 Å². The SMILES string of the molecule is COC(=O)NC(C(=O)N1CCCC1c1ncc(C#CC#Cc2ccc(-c3cnc(C4CCCN4C(=O)C(NC(=O)OC)C(C)OC)[nH]3)cc2-c2ccccc2)[nH]1)C(C)OC. The summed E-state index contributed by atoms with van der Waals surface area (Å²) in [6.45, 7) is 4.45. The first-order valence-corrected chi connectivity index (χ1v) is 19.7. The molecule has 2 aliphatic heterocycles. The topological polar surface area (TPSA) is 193 Å². The van der Waals surface area contributed by atoms with E-state index in [2.05, 4.69) is 49.3 Å². The number of aromatic nitrogens is 4. The Labute approximate surface area is 349 Å². The minimum Gasteiger partial charge on any atom is -0.453 e. The molecule has 4 amide bonds. The normalized spacial score (nSPS) is 17.9. The second-order valence-corrected chi connectivity index (χ2v) is 14.5. The molecule has 0 aliphatic carbocycles. The number of carbonyl (C=O) groups excluding carboxylic acids is 4. The van der Waals surface area contributed by atoms with Crippen LogP contribution in [0.3, 0.4) is 0 Å². The Morgan fingerprint density at radius 3 is 1.83 bits per heavy atom. The number of hydrogen-bond donors (Lipinski definition) is 4. The molecule has 16 heteroatoms. The number of hydrogen-bond acceptors (Lipinski definition) is 10. The van der Waals surface area contributed by atoms with Gasteiger partial charge in [0.15, 0.2) is 0 Å². The van der Waals surface area contributed by atoms with Gasteiger partial charge in [0.1, 0.15) is 29.4 Å². The predicted octanol–water partition coefficient (Wildman–Crippen LogP) is 4.72. The van der Waals surface area contributed by atoms with E-state index in [0.717, 1.165) is 40.8 Å². The Morgan fingerprint density at radius 1 is 0.717 bits per heavy atom. The van der Waals surface area contributed by atoms with Gasteiger partial charge in [-0.15, -0.1) is 0 Å². The van der Waals surface area contributed by atoms with Crippen LogP contribution in [0.5, 0.6) is 0 Å². The van der Waals surface area contributed by atoms with E-state index in [1.165, 1.54) is 28.4 Å².